The minimum absolute atomic E-state index is 0.0138. The molecule has 0 atom stereocenters. The fourth-order valence-corrected chi connectivity index (χ4v) is 4.28. The molecule has 7 nitrogen and oxygen atoms in total. The van der Waals surface area contributed by atoms with E-state index in [0.29, 0.717) is 22.3 Å². The quantitative estimate of drug-likeness (QED) is 0.220. The number of aryl methyl sites for hydroxylation is 2. The lowest BCUT2D eigenvalue weighted by Gasteiger charge is -2.20. The van der Waals surface area contributed by atoms with Crippen LogP contribution in [0.25, 0.3) is 11.3 Å². The number of ether oxygens (including phenoxy) is 1. The van der Waals surface area contributed by atoms with Gasteiger partial charge in [0.2, 0.25) is 0 Å². The highest BCUT2D eigenvalue weighted by atomic mass is 32.1. The number of thiazole rings is 1. The predicted molar refractivity (Wildman–Crippen MR) is 134 cm³/mol. The molecule has 172 valence electrons. The third-order valence-corrected chi connectivity index (χ3v) is 6.09. The van der Waals surface area contributed by atoms with Gasteiger partial charge < -0.3 is 4.74 Å². The average molecular weight is 474 g/mol. The number of non-ortho nitro benzene ring substituents is 1. The molecule has 34 heavy (non-hydrogen) atoms. The smallest absolute Gasteiger partial charge is 0.271 e. The summed E-state index contributed by atoms with van der Waals surface area (Å²) in [6.07, 6.45) is 0.932. The Morgan fingerprint density at radius 3 is 2.47 bits per heavy atom. The molecule has 1 amide bonds. The van der Waals surface area contributed by atoms with E-state index in [1.807, 2.05) is 60.8 Å². The monoisotopic (exact) mass is 473 g/mol. The van der Waals surface area contributed by atoms with Gasteiger partial charge in [0.05, 0.1) is 16.3 Å². The van der Waals surface area contributed by atoms with Crippen LogP contribution in [0.2, 0.25) is 0 Å². The Kier molecular flexibility index (Phi) is 6.98. The molecule has 0 bridgehead atoms. The minimum atomic E-state index is -0.440. The molecule has 0 aliphatic carbocycles. The molecule has 0 aliphatic rings. The van der Waals surface area contributed by atoms with Gasteiger partial charge in [-0.05, 0) is 60.9 Å². The van der Waals surface area contributed by atoms with Crippen LogP contribution in [0, 0.1) is 17.0 Å². The largest absolute Gasteiger partial charge is 0.484 e. The second kappa shape index (κ2) is 10.3. The molecular weight excluding hydrogens is 450 g/mol. The van der Waals surface area contributed by atoms with Crippen LogP contribution in [0.5, 0.6) is 5.75 Å². The second-order valence-corrected chi connectivity index (χ2v) is 8.51. The first-order chi connectivity index (χ1) is 16.4. The first-order valence-electron chi connectivity index (χ1n) is 10.8. The molecule has 0 unspecified atom stereocenters. The molecule has 3 aromatic carbocycles. The van der Waals surface area contributed by atoms with E-state index >= 15 is 0 Å². The topological polar surface area (TPSA) is 85.6 Å². The summed E-state index contributed by atoms with van der Waals surface area (Å²) in [7, 11) is 0. The van der Waals surface area contributed by atoms with Crippen LogP contribution < -0.4 is 9.64 Å². The van der Waals surface area contributed by atoms with Crippen molar-refractivity contribution in [1.29, 1.82) is 0 Å². The fraction of sp³-hybridized carbons (Fsp3) is 0.154. The van der Waals surface area contributed by atoms with E-state index in [1.54, 1.807) is 17.0 Å². The van der Waals surface area contributed by atoms with Crippen molar-refractivity contribution in [3.63, 3.8) is 0 Å². The van der Waals surface area contributed by atoms with Crippen molar-refractivity contribution >= 4 is 33.8 Å². The van der Waals surface area contributed by atoms with Crippen LogP contribution in [0.15, 0.2) is 78.2 Å². The van der Waals surface area contributed by atoms with E-state index in [2.05, 4.69) is 11.9 Å². The summed E-state index contributed by atoms with van der Waals surface area (Å²) in [5.74, 6) is 0.371. The molecule has 1 heterocycles. The van der Waals surface area contributed by atoms with Crippen molar-refractivity contribution < 1.29 is 14.5 Å². The first-order valence-corrected chi connectivity index (χ1v) is 11.6. The predicted octanol–water partition coefficient (Wildman–Crippen LogP) is 6.33. The molecule has 0 fully saturated rings. The van der Waals surface area contributed by atoms with Crippen LogP contribution in [-0.4, -0.2) is 22.4 Å². The SMILES string of the molecule is CCc1ccc(OCC(=O)N(c2cccc(C)c2)c2nc(-c3ccc([N+](=O)[O-])cc3)cs2)cc1. The van der Waals surface area contributed by atoms with Crippen LogP contribution in [0.3, 0.4) is 0 Å². The molecule has 0 radical (unpaired) electrons. The van der Waals surface area contributed by atoms with Gasteiger partial charge in [-0.2, -0.15) is 0 Å². The summed E-state index contributed by atoms with van der Waals surface area (Å²) in [6, 6.07) is 21.5. The Labute approximate surface area is 201 Å². The van der Waals surface area contributed by atoms with E-state index in [4.69, 9.17) is 4.74 Å². The zero-order chi connectivity index (χ0) is 24.1. The van der Waals surface area contributed by atoms with Gasteiger partial charge in [0, 0.05) is 23.1 Å². The van der Waals surface area contributed by atoms with E-state index in [9.17, 15) is 14.9 Å². The summed E-state index contributed by atoms with van der Waals surface area (Å²) in [5, 5.41) is 13.3. The maximum absolute atomic E-state index is 13.3. The lowest BCUT2D eigenvalue weighted by Crippen LogP contribution is -2.31. The Morgan fingerprint density at radius 2 is 1.82 bits per heavy atom. The van der Waals surface area contributed by atoms with Crippen molar-refractivity contribution in [2.75, 3.05) is 11.5 Å². The van der Waals surface area contributed by atoms with Gasteiger partial charge in [-0.1, -0.05) is 31.2 Å². The summed E-state index contributed by atoms with van der Waals surface area (Å²) in [4.78, 5) is 30.0. The van der Waals surface area contributed by atoms with Gasteiger partial charge in [-0.15, -0.1) is 11.3 Å². The van der Waals surface area contributed by atoms with Gasteiger partial charge in [-0.3, -0.25) is 19.8 Å². The van der Waals surface area contributed by atoms with Crippen LogP contribution >= 0.6 is 11.3 Å². The lowest BCUT2D eigenvalue weighted by molar-refractivity contribution is -0.384. The lowest BCUT2D eigenvalue weighted by atomic mass is 10.1. The average Bonchev–Trinajstić information content (AvgIpc) is 3.33. The zero-order valence-corrected chi connectivity index (χ0v) is 19.6. The van der Waals surface area contributed by atoms with Gasteiger partial charge in [0.1, 0.15) is 5.75 Å². The number of nitro benzene ring substituents is 1. The minimum Gasteiger partial charge on any atom is -0.484 e. The van der Waals surface area contributed by atoms with Gasteiger partial charge in [0.15, 0.2) is 11.7 Å². The fourth-order valence-electron chi connectivity index (χ4n) is 3.41. The molecule has 0 aliphatic heterocycles. The molecule has 4 rings (SSSR count). The number of rotatable bonds is 8. The van der Waals surface area contributed by atoms with Gasteiger partial charge in [-0.25, -0.2) is 4.98 Å². The van der Waals surface area contributed by atoms with Crippen molar-refractivity contribution in [3.8, 4) is 17.0 Å². The number of benzene rings is 3. The third-order valence-electron chi connectivity index (χ3n) is 5.26. The highest BCUT2D eigenvalue weighted by Crippen LogP contribution is 2.33. The van der Waals surface area contributed by atoms with E-state index in [-0.39, 0.29) is 18.2 Å². The number of hydrogen-bond acceptors (Lipinski definition) is 6. The molecule has 0 saturated carbocycles. The summed E-state index contributed by atoms with van der Waals surface area (Å²) in [5.41, 5.74) is 4.29. The molecule has 8 heteroatoms. The molecule has 0 spiro atoms. The van der Waals surface area contributed by atoms with Crippen molar-refractivity contribution in [2.24, 2.45) is 0 Å². The molecule has 1 aromatic heterocycles. The van der Waals surface area contributed by atoms with E-state index in [0.717, 1.165) is 17.5 Å². The highest BCUT2D eigenvalue weighted by Gasteiger charge is 2.22. The summed E-state index contributed by atoms with van der Waals surface area (Å²) >= 11 is 1.32. The number of carbonyl (C=O) groups is 1. The number of nitrogens with zero attached hydrogens (tertiary/aromatic N) is 3. The Bertz CT molecular complexity index is 1300. The number of aromatic nitrogens is 1. The maximum atomic E-state index is 13.3. The Hall–Kier alpha value is -4.04. The Morgan fingerprint density at radius 1 is 1.09 bits per heavy atom. The van der Waals surface area contributed by atoms with E-state index in [1.165, 1.54) is 29.0 Å². The van der Waals surface area contributed by atoms with Crippen molar-refractivity contribution in [1.82, 2.24) is 4.98 Å². The van der Waals surface area contributed by atoms with Gasteiger partial charge >= 0.3 is 0 Å². The van der Waals surface area contributed by atoms with Crippen molar-refractivity contribution in [2.45, 2.75) is 20.3 Å². The number of hydrogen-bond donors (Lipinski definition) is 0. The summed E-state index contributed by atoms with van der Waals surface area (Å²) in [6.45, 7) is 3.89. The maximum Gasteiger partial charge on any atom is 0.271 e. The second-order valence-electron chi connectivity index (χ2n) is 7.67. The van der Waals surface area contributed by atoms with Crippen LogP contribution in [0.4, 0.5) is 16.5 Å². The number of carbonyl (C=O) groups excluding carboxylic acids is 1. The van der Waals surface area contributed by atoms with Crippen LogP contribution in [0.1, 0.15) is 18.1 Å². The highest BCUT2D eigenvalue weighted by molar-refractivity contribution is 7.14. The molecule has 0 N–H and O–H groups in total. The van der Waals surface area contributed by atoms with Gasteiger partial charge in [0.25, 0.3) is 11.6 Å². The molecular formula is C26H23N3O4S. The third kappa shape index (κ3) is 5.29. The number of nitro groups is 1. The molecule has 0 saturated heterocycles. The molecule has 4 aromatic rings. The number of amides is 1. The Balaban J connectivity index is 1.60. The number of anilines is 2. The zero-order valence-electron chi connectivity index (χ0n) is 18.8. The summed E-state index contributed by atoms with van der Waals surface area (Å²) < 4.78 is 5.77. The first kappa shape index (κ1) is 23.1. The van der Waals surface area contributed by atoms with E-state index < -0.39 is 4.92 Å². The normalized spacial score (nSPS) is 10.6. The standard InChI is InChI=1S/C26H23N3O4S/c1-3-19-7-13-23(14-8-19)33-16-25(30)28(22-6-4-5-18(2)15-22)26-27-24(17-34-26)20-9-11-21(12-10-20)29(31)32/h4-15,17H,3,16H2,1-2H3. The van der Waals surface area contributed by atoms with Crippen LogP contribution in [-0.2, 0) is 11.2 Å². The van der Waals surface area contributed by atoms with Crippen molar-refractivity contribution in [3.05, 3.63) is 99.4 Å².